The van der Waals surface area contributed by atoms with Gasteiger partial charge in [-0.3, -0.25) is 4.90 Å². The molecule has 0 unspecified atom stereocenters. The zero-order chi connectivity index (χ0) is 17.5. The molecular weight excluding hydrogens is 356 g/mol. The highest BCUT2D eigenvalue weighted by molar-refractivity contribution is 7.93. The van der Waals surface area contributed by atoms with Crippen LogP contribution < -0.4 is 4.74 Å². The standard InChI is InChI=1S/C18H22N2O3S2/c1-14-5-8-24-16(14)10-20-12-18(13-20)15(6-9-25(18,21)22)11-23-17-4-2-3-7-19-17/h2-5,7-8,15H,6,9-13H2,1H3/t15-/m0/s1. The lowest BCUT2D eigenvalue weighted by molar-refractivity contribution is 0.0588. The zero-order valence-corrected chi connectivity index (χ0v) is 15.9. The Labute approximate surface area is 152 Å². The maximum absolute atomic E-state index is 12.7. The average molecular weight is 379 g/mol. The molecule has 0 bridgehead atoms. The summed E-state index contributed by atoms with van der Waals surface area (Å²) >= 11 is 1.74. The van der Waals surface area contributed by atoms with E-state index in [0.29, 0.717) is 32.0 Å². The third-order valence-corrected chi connectivity index (χ3v) is 9.10. The van der Waals surface area contributed by atoms with Crippen molar-refractivity contribution >= 4 is 21.2 Å². The summed E-state index contributed by atoms with van der Waals surface area (Å²) in [6, 6.07) is 7.64. The summed E-state index contributed by atoms with van der Waals surface area (Å²) in [6.07, 6.45) is 2.37. The predicted octanol–water partition coefficient (Wildman–Crippen LogP) is 2.52. The SMILES string of the molecule is Cc1ccsc1CN1CC2(C1)[C@H](COc1ccccn1)CCS2(=O)=O. The van der Waals surface area contributed by atoms with Crippen LogP contribution in [0.1, 0.15) is 16.9 Å². The predicted molar refractivity (Wildman–Crippen MR) is 98.7 cm³/mol. The fourth-order valence-corrected chi connectivity index (χ4v) is 7.32. The average Bonchev–Trinajstić information content (AvgIpc) is 3.08. The molecule has 0 aliphatic carbocycles. The topological polar surface area (TPSA) is 59.5 Å². The van der Waals surface area contributed by atoms with Crippen molar-refractivity contribution in [1.82, 2.24) is 9.88 Å². The summed E-state index contributed by atoms with van der Waals surface area (Å²) in [5.74, 6) is 0.877. The van der Waals surface area contributed by atoms with E-state index >= 15 is 0 Å². The number of pyridine rings is 1. The minimum Gasteiger partial charge on any atom is -0.477 e. The van der Waals surface area contributed by atoms with Crippen LogP contribution in [0.25, 0.3) is 0 Å². The van der Waals surface area contributed by atoms with Crippen molar-refractivity contribution in [3.8, 4) is 5.88 Å². The van der Waals surface area contributed by atoms with Gasteiger partial charge in [-0.2, -0.15) is 0 Å². The highest BCUT2D eigenvalue weighted by atomic mass is 32.2. The van der Waals surface area contributed by atoms with Crippen molar-refractivity contribution in [2.45, 2.75) is 24.6 Å². The summed E-state index contributed by atoms with van der Waals surface area (Å²) < 4.78 is 30.6. The molecular formula is C18H22N2O3S2. The van der Waals surface area contributed by atoms with Crippen molar-refractivity contribution in [3.05, 3.63) is 46.3 Å². The van der Waals surface area contributed by atoms with Crippen molar-refractivity contribution in [1.29, 1.82) is 0 Å². The molecule has 4 rings (SSSR count). The van der Waals surface area contributed by atoms with Crippen LogP contribution in [0.5, 0.6) is 5.88 Å². The molecule has 2 aliphatic heterocycles. The molecule has 134 valence electrons. The quantitative estimate of drug-likeness (QED) is 0.800. The maximum atomic E-state index is 12.7. The van der Waals surface area contributed by atoms with Gasteiger partial charge in [-0.1, -0.05) is 6.07 Å². The van der Waals surface area contributed by atoms with Gasteiger partial charge >= 0.3 is 0 Å². The normalized spacial score (nSPS) is 24.3. The number of aromatic nitrogens is 1. The fraction of sp³-hybridized carbons (Fsp3) is 0.500. The van der Waals surface area contributed by atoms with E-state index in [1.165, 1.54) is 10.4 Å². The molecule has 1 atom stereocenters. The van der Waals surface area contributed by atoms with Gasteiger partial charge in [0.15, 0.2) is 9.84 Å². The molecule has 5 nitrogen and oxygen atoms in total. The van der Waals surface area contributed by atoms with Gasteiger partial charge in [0.2, 0.25) is 5.88 Å². The fourth-order valence-electron chi connectivity index (χ4n) is 3.92. The van der Waals surface area contributed by atoms with Crippen LogP contribution in [0.15, 0.2) is 35.8 Å². The Hall–Kier alpha value is -1.44. The number of ether oxygens (including phenoxy) is 1. The smallest absolute Gasteiger partial charge is 0.213 e. The van der Waals surface area contributed by atoms with Crippen LogP contribution in [0.4, 0.5) is 0 Å². The third kappa shape index (κ3) is 2.98. The van der Waals surface area contributed by atoms with Crippen LogP contribution in [0.3, 0.4) is 0 Å². The van der Waals surface area contributed by atoms with E-state index in [1.54, 1.807) is 17.5 Å². The molecule has 0 amide bonds. The van der Waals surface area contributed by atoms with Crippen molar-refractivity contribution < 1.29 is 13.2 Å². The molecule has 7 heteroatoms. The van der Waals surface area contributed by atoms with Crippen LogP contribution in [-0.2, 0) is 16.4 Å². The van der Waals surface area contributed by atoms with Gasteiger partial charge in [0, 0.05) is 42.7 Å². The molecule has 0 aromatic carbocycles. The lowest BCUT2D eigenvalue weighted by Crippen LogP contribution is -2.67. The molecule has 0 saturated carbocycles. The number of likely N-dealkylation sites (tertiary alicyclic amines) is 1. The van der Waals surface area contributed by atoms with E-state index in [4.69, 9.17) is 4.74 Å². The van der Waals surface area contributed by atoms with Crippen molar-refractivity contribution in [2.24, 2.45) is 5.92 Å². The summed E-state index contributed by atoms with van der Waals surface area (Å²) in [7, 11) is -3.06. The van der Waals surface area contributed by atoms with E-state index in [-0.39, 0.29) is 11.7 Å². The molecule has 2 aliphatic rings. The van der Waals surface area contributed by atoms with Gasteiger partial charge in [-0.15, -0.1) is 11.3 Å². The second kappa shape index (κ2) is 6.37. The molecule has 2 saturated heterocycles. The Morgan fingerprint density at radius 1 is 1.36 bits per heavy atom. The first-order valence-corrected chi connectivity index (χ1v) is 11.0. The van der Waals surface area contributed by atoms with Crippen LogP contribution in [-0.4, -0.2) is 48.5 Å². The number of nitrogens with zero attached hydrogens (tertiary/aromatic N) is 2. The first kappa shape index (κ1) is 17.0. The van der Waals surface area contributed by atoms with Gasteiger partial charge in [-0.05, 0) is 36.4 Å². The second-order valence-corrected chi connectivity index (χ2v) is 10.5. The first-order valence-electron chi connectivity index (χ1n) is 8.52. The highest BCUT2D eigenvalue weighted by Crippen LogP contribution is 2.45. The molecule has 2 aromatic heterocycles. The van der Waals surface area contributed by atoms with Gasteiger partial charge < -0.3 is 4.74 Å². The van der Waals surface area contributed by atoms with E-state index in [1.807, 2.05) is 18.2 Å². The Morgan fingerprint density at radius 3 is 2.88 bits per heavy atom. The first-order chi connectivity index (χ1) is 12.0. The van der Waals surface area contributed by atoms with E-state index < -0.39 is 14.6 Å². The van der Waals surface area contributed by atoms with Crippen molar-refractivity contribution in [2.75, 3.05) is 25.4 Å². The molecule has 0 N–H and O–H groups in total. The Morgan fingerprint density at radius 2 is 2.20 bits per heavy atom. The largest absolute Gasteiger partial charge is 0.477 e. The molecule has 2 fully saturated rings. The lowest BCUT2D eigenvalue weighted by atomic mass is 9.83. The molecule has 1 spiro atoms. The number of sulfone groups is 1. The number of aryl methyl sites for hydroxylation is 1. The third-order valence-electron chi connectivity index (χ3n) is 5.49. The van der Waals surface area contributed by atoms with Crippen LogP contribution in [0, 0.1) is 12.8 Å². The summed E-state index contributed by atoms with van der Waals surface area (Å²) in [5, 5.41) is 2.09. The van der Waals surface area contributed by atoms with Gasteiger partial charge in [0.25, 0.3) is 0 Å². The number of thiophene rings is 1. The minimum absolute atomic E-state index is 0.0418. The number of hydrogen-bond acceptors (Lipinski definition) is 6. The second-order valence-electron chi connectivity index (χ2n) is 7.02. The van der Waals surface area contributed by atoms with Crippen LogP contribution in [0.2, 0.25) is 0 Å². The van der Waals surface area contributed by atoms with Gasteiger partial charge in [0.1, 0.15) is 4.75 Å². The number of hydrogen-bond donors (Lipinski definition) is 0. The molecule has 2 aromatic rings. The summed E-state index contributed by atoms with van der Waals surface area (Å²) in [4.78, 5) is 7.73. The number of rotatable bonds is 5. The van der Waals surface area contributed by atoms with E-state index in [0.717, 1.165) is 6.54 Å². The summed E-state index contributed by atoms with van der Waals surface area (Å²) in [5.41, 5.74) is 1.29. The van der Waals surface area contributed by atoms with Crippen LogP contribution >= 0.6 is 11.3 Å². The highest BCUT2D eigenvalue weighted by Gasteiger charge is 2.61. The van der Waals surface area contributed by atoms with Gasteiger partial charge in [0.05, 0.1) is 12.4 Å². The van der Waals surface area contributed by atoms with Crippen molar-refractivity contribution in [3.63, 3.8) is 0 Å². The van der Waals surface area contributed by atoms with E-state index in [2.05, 4.69) is 28.3 Å². The molecule has 0 radical (unpaired) electrons. The zero-order valence-electron chi connectivity index (χ0n) is 14.2. The Kier molecular flexibility index (Phi) is 4.33. The molecule has 25 heavy (non-hydrogen) atoms. The lowest BCUT2D eigenvalue weighted by Gasteiger charge is -2.49. The Bertz CT molecular complexity index is 842. The Balaban J connectivity index is 1.44. The van der Waals surface area contributed by atoms with Gasteiger partial charge in [-0.25, -0.2) is 13.4 Å². The monoisotopic (exact) mass is 378 g/mol. The molecule has 4 heterocycles. The minimum atomic E-state index is -3.06. The maximum Gasteiger partial charge on any atom is 0.213 e. The summed E-state index contributed by atoms with van der Waals surface area (Å²) in [6.45, 7) is 4.60. The van der Waals surface area contributed by atoms with E-state index in [9.17, 15) is 8.42 Å².